The molecule has 13 aromatic rings. The second-order valence-electron chi connectivity index (χ2n) is 27.4. The summed E-state index contributed by atoms with van der Waals surface area (Å²) in [4.78, 5) is 32.6. The van der Waals surface area contributed by atoms with E-state index in [1.54, 1.807) is 50.0 Å². The predicted octanol–water partition coefficient (Wildman–Crippen LogP) is 21.7. The predicted molar refractivity (Wildman–Crippen MR) is 441 cm³/mol. The second-order valence-corrected chi connectivity index (χ2v) is 27.4. The highest BCUT2D eigenvalue weighted by atomic mass is 16.5. The van der Waals surface area contributed by atoms with Crippen molar-refractivity contribution in [2.75, 3.05) is 48.8 Å². The maximum absolute atomic E-state index is 11.4. The molecule has 16 nitrogen and oxygen atoms in total. The highest BCUT2D eigenvalue weighted by Gasteiger charge is 2.44. The van der Waals surface area contributed by atoms with Crippen LogP contribution < -0.4 is 25.4 Å². The smallest absolute Gasteiger partial charge is 0.130 e. The zero-order chi connectivity index (χ0) is 77.1. The number of carbonyl (C=O) groups excluding carboxylic acids is 1. The Morgan fingerprint density at radius 3 is 1.15 bits per heavy atom. The number of anilines is 3. The summed E-state index contributed by atoms with van der Waals surface area (Å²) in [6, 6.07) is 71.4. The molecule has 110 heavy (non-hydrogen) atoms. The fraction of sp³-hybridized carbons (Fsp3) is 0.223. The van der Waals surface area contributed by atoms with E-state index in [1.165, 1.54) is 12.8 Å². The molecule has 0 atom stereocenters. The van der Waals surface area contributed by atoms with Gasteiger partial charge >= 0.3 is 0 Å². The van der Waals surface area contributed by atoms with Crippen LogP contribution in [0.1, 0.15) is 120 Å². The number of hydrogen-bond acceptors (Lipinski definition) is 16. The van der Waals surface area contributed by atoms with Crippen molar-refractivity contribution in [1.82, 2.24) is 24.9 Å². The Labute approximate surface area is 644 Å². The number of carbonyl (C=O) groups is 1. The van der Waals surface area contributed by atoms with E-state index in [9.17, 15) is 20.6 Å². The molecule has 2 saturated carbocycles. The average Bonchev–Trinajstić information content (AvgIpc) is 1.04. The molecule has 15 rings (SSSR count). The first kappa shape index (κ1) is 77.5. The third-order valence-electron chi connectivity index (χ3n) is 19.8. The molecule has 0 unspecified atom stereocenters. The van der Waals surface area contributed by atoms with Crippen LogP contribution in [0.4, 0.5) is 17.1 Å². The number of nitrogens with zero attached hydrogens (tertiary/aromatic N) is 10. The number of unbranched alkanes of at least 4 members (excludes halogenated alkanes) is 1. The van der Waals surface area contributed by atoms with Gasteiger partial charge in [0.1, 0.15) is 17.3 Å². The van der Waals surface area contributed by atoms with Crippen molar-refractivity contribution < 1.29 is 14.3 Å². The summed E-state index contributed by atoms with van der Waals surface area (Å²) in [7, 11) is 0. The lowest BCUT2D eigenvalue weighted by molar-refractivity contribution is -0.118. The number of benzene rings is 8. The van der Waals surface area contributed by atoms with Crippen molar-refractivity contribution in [3.63, 3.8) is 0 Å². The van der Waals surface area contributed by atoms with E-state index in [0.29, 0.717) is 46.3 Å². The van der Waals surface area contributed by atoms with E-state index < -0.39 is 0 Å². The summed E-state index contributed by atoms with van der Waals surface area (Å²) in [5.74, 6) is 1.84. The Morgan fingerprint density at radius 2 is 0.755 bits per heavy atom. The standard InChI is InChI=1S/C22H20N2O.C20H19N3.C19H17N3.C19H18N2O2.C14H13N3/c1-2-22(10-11-22)15-25-21-9-12-24-14-20(21)19-8-7-16(13-23)17-5-3-4-6-18(17)19;1-2-3-11-23-20-10-12-22-14-19(20)18-9-8-15(13-21)16-6-4-5-7-17(16)18;1-2-10-22-19-9-11-21-13-18(19)17-8-7-14(12-20)15-5-3-4-6-16(15)17;1-14(22)10-19(7-8-19)13-23-18-6-9-21-12-17(18)16-4-2-15(11-20)3-5-16;1-2-17-14-7-8-16-10-13(14)12-5-3-11(9-15)4-6-12/h3-9,12,14H,2,10-11,15H2,1H3;4-10,12,14H,2-3,11H2,1H3,(H,22,23);3-9,11,13H,2,10H2,1H3,(H,21,22);2-6,9,12H,7-8,10,13H2,1H3;3-8,10H,2H2,1H3,(H,16,17). The van der Waals surface area contributed by atoms with Gasteiger partial charge in [0.05, 0.1) is 71.4 Å². The van der Waals surface area contributed by atoms with Crippen molar-refractivity contribution in [2.45, 2.75) is 92.4 Å². The molecule has 546 valence electrons. The number of hydrogen-bond donors (Lipinski definition) is 3. The lowest BCUT2D eigenvalue weighted by atomic mass is 9.95. The van der Waals surface area contributed by atoms with Crippen LogP contribution in [0.5, 0.6) is 11.5 Å². The Morgan fingerprint density at radius 1 is 0.382 bits per heavy atom. The van der Waals surface area contributed by atoms with Crippen LogP contribution in [0.3, 0.4) is 0 Å². The fourth-order valence-electron chi connectivity index (χ4n) is 13.2. The van der Waals surface area contributed by atoms with Gasteiger partial charge in [0, 0.05) is 160 Å². The number of ketones is 1. The van der Waals surface area contributed by atoms with Gasteiger partial charge in [-0.1, -0.05) is 142 Å². The van der Waals surface area contributed by atoms with Gasteiger partial charge in [-0.15, -0.1) is 0 Å². The zero-order valence-electron chi connectivity index (χ0n) is 62.8. The molecule has 0 saturated heterocycles. The van der Waals surface area contributed by atoms with Crippen LogP contribution in [0.25, 0.3) is 88.0 Å². The van der Waals surface area contributed by atoms with Gasteiger partial charge in [-0.2, -0.15) is 26.3 Å². The lowest BCUT2D eigenvalue weighted by Crippen LogP contribution is -2.16. The monoisotopic (exact) mass is 1450 g/mol. The Balaban J connectivity index is 0.000000137. The summed E-state index contributed by atoms with van der Waals surface area (Å²) in [6.07, 6.45) is 27.8. The third-order valence-corrected chi connectivity index (χ3v) is 19.8. The number of fused-ring (bicyclic) bond motifs is 3. The van der Waals surface area contributed by atoms with Gasteiger partial charge in [0.25, 0.3) is 0 Å². The van der Waals surface area contributed by atoms with Gasteiger partial charge in [-0.05, 0) is 176 Å². The molecule has 0 bridgehead atoms. The van der Waals surface area contributed by atoms with E-state index in [4.69, 9.17) is 20.0 Å². The van der Waals surface area contributed by atoms with Crippen LogP contribution in [-0.4, -0.2) is 63.6 Å². The Bertz CT molecular complexity index is 5560. The minimum atomic E-state index is 0.0248. The normalized spacial score (nSPS) is 12.2. The van der Waals surface area contributed by atoms with Gasteiger partial charge in [0.2, 0.25) is 0 Å². The Hall–Kier alpha value is -13.6. The molecule has 0 spiro atoms. The van der Waals surface area contributed by atoms with Gasteiger partial charge in [-0.3, -0.25) is 24.9 Å². The SMILES string of the molecule is CC(=O)CC1(COc2ccncc2-c2ccc(C#N)cc2)CC1.CCC1(COc2ccncc2-c2ccc(C#N)c3ccccc23)CC1.CCCCNc1ccncc1-c1ccc(C#N)c2ccccc12.CCCNc1ccncc1-c1ccc(C#N)c2ccccc12.CCNc1ccncc1-c1ccc(C#N)cc1. The molecule has 2 aliphatic carbocycles. The van der Waals surface area contributed by atoms with Crippen molar-refractivity contribution in [3.8, 4) is 97.5 Å². The lowest BCUT2D eigenvalue weighted by Gasteiger charge is -2.17. The second kappa shape index (κ2) is 38.1. The molecular formula is C94H87N13O3. The van der Waals surface area contributed by atoms with Gasteiger partial charge in [0.15, 0.2) is 0 Å². The van der Waals surface area contributed by atoms with Crippen LogP contribution in [-0.2, 0) is 4.79 Å². The zero-order valence-corrected chi connectivity index (χ0v) is 62.8. The van der Waals surface area contributed by atoms with Gasteiger partial charge < -0.3 is 30.2 Å². The Kier molecular flexibility index (Phi) is 26.8. The highest BCUT2D eigenvalue weighted by Crippen LogP contribution is 2.51. The molecule has 2 aliphatic rings. The number of aromatic nitrogens is 5. The fourth-order valence-corrected chi connectivity index (χ4v) is 13.2. The molecule has 2 fully saturated rings. The van der Waals surface area contributed by atoms with E-state index >= 15 is 0 Å². The maximum Gasteiger partial charge on any atom is 0.130 e. The topological polar surface area (TPSA) is 255 Å². The minimum absolute atomic E-state index is 0.0248. The number of rotatable bonds is 23. The summed E-state index contributed by atoms with van der Waals surface area (Å²) in [5, 5.41) is 62.0. The molecular weight excluding hydrogens is 1360 g/mol. The summed E-state index contributed by atoms with van der Waals surface area (Å²) < 4.78 is 12.2. The number of Topliss-reactive ketones (excluding diaryl/α,β-unsaturated/α-hetero) is 1. The van der Waals surface area contributed by atoms with E-state index in [2.05, 4.69) is 117 Å². The maximum atomic E-state index is 11.4. The van der Waals surface area contributed by atoms with Crippen LogP contribution in [0, 0.1) is 67.5 Å². The van der Waals surface area contributed by atoms with Crippen LogP contribution >= 0.6 is 0 Å². The first-order valence-corrected chi connectivity index (χ1v) is 37.4. The third kappa shape index (κ3) is 19.5. The molecule has 5 aromatic heterocycles. The largest absolute Gasteiger partial charge is 0.492 e. The molecule has 5 heterocycles. The van der Waals surface area contributed by atoms with Crippen molar-refractivity contribution in [3.05, 3.63) is 278 Å². The number of nitriles is 5. The molecule has 16 heteroatoms. The summed E-state index contributed by atoms with van der Waals surface area (Å²) >= 11 is 0. The summed E-state index contributed by atoms with van der Waals surface area (Å²) in [6.45, 7) is 14.3. The number of ether oxygens (including phenoxy) is 2. The molecule has 8 aromatic carbocycles. The van der Waals surface area contributed by atoms with Crippen molar-refractivity contribution in [2.24, 2.45) is 10.8 Å². The number of nitrogens with one attached hydrogen (secondary N) is 3. The van der Waals surface area contributed by atoms with Gasteiger partial charge in [-0.25, -0.2) is 0 Å². The molecule has 0 radical (unpaired) electrons. The number of pyridine rings is 5. The minimum Gasteiger partial charge on any atom is -0.492 e. The molecule has 3 N–H and O–H groups in total. The first-order valence-electron chi connectivity index (χ1n) is 37.4. The van der Waals surface area contributed by atoms with Crippen LogP contribution in [0.15, 0.2) is 250 Å². The van der Waals surface area contributed by atoms with Crippen molar-refractivity contribution in [1.29, 1.82) is 26.3 Å². The van der Waals surface area contributed by atoms with E-state index in [-0.39, 0.29) is 11.2 Å². The quantitative estimate of drug-likeness (QED) is 0.0503. The summed E-state index contributed by atoms with van der Waals surface area (Å²) in [5.41, 5.74) is 17.4. The molecule has 0 aliphatic heterocycles. The molecule has 0 amide bonds. The van der Waals surface area contributed by atoms with Crippen molar-refractivity contribution >= 4 is 55.2 Å². The average molecular weight is 1450 g/mol. The van der Waals surface area contributed by atoms with Crippen LogP contribution in [0.2, 0.25) is 0 Å². The highest BCUT2D eigenvalue weighted by molar-refractivity contribution is 6.04. The first-order chi connectivity index (χ1) is 53.9. The van der Waals surface area contributed by atoms with E-state index in [0.717, 1.165) is 181 Å². The van der Waals surface area contributed by atoms with E-state index in [1.807, 2.05) is 189 Å².